The van der Waals surface area contributed by atoms with Gasteiger partial charge in [-0.2, -0.15) is 0 Å². The molecule has 1 aromatic heterocycles. The predicted octanol–water partition coefficient (Wildman–Crippen LogP) is 17.6. The quantitative estimate of drug-likeness (QED) is 0.162. The topological polar surface area (TPSA) is 8.17 Å². The van der Waals surface area contributed by atoms with E-state index in [4.69, 9.17) is 0 Å². The summed E-state index contributed by atoms with van der Waals surface area (Å²) in [5.74, 6) is 0. The van der Waals surface area contributed by atoms with Crippen LogP contribution in [-0.4, -0.2) is 4.57 Å². The summed E-state index contributed by atoms with van der Waals surface area (Å²) in [5.41, 5.74) is 25.7. The van der Waals surface area contributed by atoms with Gasteiger partial charge in [0.05, 0.1) is 16.6 Å². The van der Waals surface area contributed by atoms with Gasteiger partial charge in [0.1, 0.15) is 0 Å². The highest BCUT2D eigenvalue weighted by Gasteiger charge is 2.51. The Morgan fingerprint density at radius 2 is 0.826 bits per heavy atom. The maximum atomic E-state index is 2.49. The van der Waals surface area contributed by atoms with Gasteiger partial charge in [0.2, 0.25) is 0 Å². The van der Waals surface area contributed by atoms with Crippen LogP contribution in [0.3, 0.4) is 0 Å². The summed E-state index contributed by atoms with van der Waals surface area (Å²) in [6, 6.07) is 94.7. The van der Waals surface area contributed by atoms with E-state index in [0.29, 0.717) is 0 Å². The lowest BCUT2D eigenvalue weighted by Gasteiger charge is -2.32. The van der Waals surface area contributed by atoms with E-state index < -0.39 is 5.41 Å². The van der Waals surface area contributed by atoms with Crippen LogP contribution in [-0.2, 0) is 5.41 Å². The van der Waals surface area contributed by atoms with Crippen LogP contribution in [0.4, 0.5) is 17.1 Å². The molecule has 0 amide bonds. The summed E-state index contributed by atoms with van der Waals surface area (Å²) in [4.78, 5) is 2.45. The van der Waals surface area contributed by atoms with Crippen molar-refractivity contribution in [2.45, 2.75) is 5.41 Å². The normalized spacial score (nSPS) is 13.0. The van der Waals surface area contributed by atoms with Gasteiger partial charge >= 0.3 is 0 Å². The number of benzene rings is 11. The van der Waals surface area contributed by atoms with Crippen molar-refractivity contribution in [2.75, 3.05) is 4.90 Å². The van der Waals surface area contributed by atoms with Gasteiger partial charge < -0.3 is 9.47 Å². The molecule has 1 spiro atoms. The zero-order valence-electron chi connectivity index (χ0n) is 37.6. The van der Waals surface area contributed by atoms with Crippen molar-refractivity contribution < 1.29 is 0 Å². The monoisotopic (exact) mass is 874 g/mol. The summed E-state index contributed by atoms with van der Waals surface area (Å²) in [5, 5.41) is 3.90. The average molecular weight is 875 g/mol. The van der Waals surface area contributed by atoms with Crippen molar-refractivity contribution in [3.63, 3.8) is 0 Å². The molecular formula is C67H42N2. The van der Waals surface area contributed by atoms with Crippen LogP contribution in [0.2, 0.25) is 0 Å². The van der Waals surface area contributed by atoms with Crippen molar-refractivity contribution in [1.82, 2.24) is 4.57 Å². The van der Waals surface area contributed by atoms with Crippen molar-refractivity contribution >= 4 is 38.7 Å². The maximum Gasteiger partial charge on any atom is 0.0726 e. The van der Waals surface area contributed by atoms with E-state index in [1.54, 1.807) is 0 Å². The van der Waals surface area contributed by atoms with Gasteiger partial charge in [0.25, 0.3) is 0 Å². The summed E-state index contributed by atoms with van der Waals surface area (Å²) in [6.07, 6.45) is 0. The number of aromatic nitrogens is 1. The molecule has 0 bridgehead atoms. The number of hydrogen-bond acceptors (Lipinski definition) is 1. The molecule has 12 aromatic rings. The molecule has 69 heavy (non-hydrogen) atoms. The van der Waals surface area contributed by atoms with Gasteiger partial charge in [-0.25, -0.2) is 0 Å². The lowest BCUT2D eigenvalue weighted by molar-refractivity contribution is 0.793. The highest BCUT2D eigenvalue weighted by atomic mass is 15.1. The molecule has 320 valence electrons. The molecule has 0 saturated heterocycles. The second-order valence-corrected chi connectivity index (χ2v) is 18.8. The second-order valence-electron chi connectivity index (χ2n) is 18.8. The van der Waals surface area contributed by atoms with Crippen LogP contribution in [0.15, 0.2) is 255 Å². The third kappa shape index (κ3) is 5.31. The van der Waals surface area contributed by atoms with Crippen LogP contribution in [0.1, 0.15) is 22.3 Å². The zero-order valence-corrected chi connectivity index (χ0v) is 37.6. The molecule has 3 aliphatic rings. The van der Waals surface area contributed by atoms with E-state index >= 15 is 0 Å². The number of para-hydroxylation sites is 1. The second kappa shape index (κ2) is 14.5. The molecule has 2 heteroatoms. The first kappa shape index (κ1) is 38.2. The molecule has 0 unspecified atom stereocenters. The smallest absolute Gasteiger partial charge is 0.0726 e. The summed E-state index contributed by atoms with van der Waals surface area (Å²) >= 11 is 0. The van der Waals surface area contributed by atoms with Gasteiger partial charge in [-0.15, -0.1) is 0 Å². The Balaban J connectivity index is 0.903. The Morgan fingerprint density at radius 3 is 1.52 bits per heavy atom. The van der Waals surface area contributed by atoms with E-state index in [0.717, 1.165) is 17.1 Å². The molecule has 11 aromatic carbocycles. The highest BCUT2D eigenvalue weighted by molar-refractivity contribution is 6.22. The van der Waals surface area contributed by atoms with E-state index in [9.17, 15) is 0 Å². The van der Waals surface area contributed by atoms with Gasteiger partial charge in [0.15, 0.2) is 0 Å². The molecule has 0 fully saturated rings. The van der Waals surface area contributed by atoms with Crippen LogP contribution in [0.25, 0.3) is 94.3 Å². The Hall–Kier alpha value is -8.98. The van der Waals surface area contributed by atoms with Crippen molar-refractivity contribution in [3.05, 3.63) is 277 Å². The molecule has 0 N–H and O–H groups in total. The number of anilines is 3. The Bertz CT molecular complexity index is 4000. The van der Waals surface area contributed by atoms with Gasteiger partial charge in [-0.3, -0.25) is 0 Å². The minimum absolute atomic E-state index is 0.443. The predicted molar refractivity (Wildman–Crippen MR) is 287 cm³/mol. The standard InChI is InChI=1S/C67H42N2/c1-3-16-43(17-4-1)46-20-13-23-50(40-46)68(51-37-39-55-54-26-9-12-31-61(54)67(62(55)42-51)59-29-10-7-24-52(59)53-25-8-11-30-60(53)67)49-35-32-44(33-36-49)47-34-38-56-63(41-47)69(48-21-5-2-6-22-48)66-58-28-15-19-45-18-14-27-57(64(45)58)65(56)66/h1-42H. The van der Waals surface area contributed by atoms with Crippen LogP contribution in [0.5, 0.6) is 0 Å². The fourth-order valence-corrected chi connectivity index (χ4v) is 12.5. The highest BCUT2D eigenvalue weighted by Crippen LogP contribution is 2.63. The lowest BCUT2D eigenvalue weighted by atomic mass is 9.70. The van der Waals surface area contributed by atoms with Crippen LogP contribution in [0, 0.1) is 0 Å². The van der Waals surface area contributed by atoms with E-state index in [1.165, 1.54) is 117 Å². The van der Waals surface area contributed by atoms with E-state index in [-0.39, 0.29) is 0 Å². The first-order valence-corrected chi connectivity index (χ1v) is 24.0. The first-order chi connectivity index (χ1) is 34.2. The Labute approximate surface area is 401 Å². The zero-order chi connectivity index (χ0) is 45.2. The minimum Gasteiger partial charge on any atom is -0.310 e. The summed E-state index contributed by atoms with van der Waals surface area (Å²) < 4.78 is 2.48. The molecular weight excluding hydrogens is 833 g/mol. The molecule has 3 aliphatic carbocycles. The number of hydrogen-bond donors (Lipinski definition) is 0. The molecule has 0 aliphatic heterocycles. The van der Waals surface area contributed by atoms with Crippen molar-refractivity contribution in [3.8, 4) is 72.6 Å². The Morgan fingerprint density at radius 1 is 0.319 bits per heavy atom. The minimum atomic E-state index is -0.443. The van der Waals surface area contributed by atoms with Crippen molar-refractivity contribution in [1.29, 1.82) is 0 Å². The molecule has 1 heterocycles. The maximum absolute atomic E-state index is 2.49. The molecule has 0 saturated carbocycles. The molecule has 2 nitrogen and oxygen atoms in total. The number of fused-ring (bicyclic) bond motifs is 15. The van der Waals surface area contributed by atoms with Gasteiger partial charge in [-0.1, -0.05) is 200 Å². The van der Waals surface area contributed by atoms with Crippen LogP contribution >= 0.6 is 0 Å². The molecule has 0 radical (unpaired) electrons. The SMILES string of the molecule is c1ccc(-c2cccc(N(c3ccc(-c4ccc5c6c(n(-c7ccccc7)c5c4)-c4cccc5cccc-6c45)cc3)c3ccc4c(c3)C3(c5ccccc5-c5ccccc53)c3ccccc3-4)c2)cc1. The summed E-state index contributed by atoms with van der Waals surface area (Å²) in [7, 11) is 0. The van der Waals surface area contributed by atoms with Gasteiger partial charge in [-0.05, 0) is 138 Å². The first-order valence-electron chi connectivity index (χ1n) is 24.0. The van der Waals surface area contributed by atoms with E-state index in [2.05, 4.69) is 264 Å². The average Bonchev–Trinajstić information content (AvgIpc) is 4.12. The summed E-state index contributed by atoms with van der Waals surface area (Å²) in [6.45, 7) is 0. The van der Waals surface area contributed by atoms with Crippen LogP contribution < -0.4 is 4.90 Å². The van der Waals surface area contributed by atoms with Crippen molar-refractivity contribution in [2.24, 2.45) is 0 Å². The Kier molecular flexibility index (Phi) is 8.02. The molecule has 0 atom stereocenters. The number of nitrogens with zero attached hydrogens (tertiary/aromatic N) is 2. The number of rotatable bonds is 6. The fraction of sp³-hybridized carbons (Fsp3) is 0.0149. The third-order valence-corrected chi connectivity index (χ3v) is 15.3. The fourth-order valence-electron chi connectivity index (χ4n) is 12.5. The largest absolute Gasteiger partial charge is 0.310 e. The molecule has 15 rings (SSSR count). The van der Waals surface area contributed by atoms with E-state index in [1.807, 2.05) is 0 Å². The van der Waals surface area contributed by atoms with Gasteiger partial charge in [0, 0.05) is 39.3 Å². The lowest BCUT2D eigenvalue weighted by Crippen LogP contribution is -2.26. The third-order valence-electron chi connectivity index (χ3n) is 15.3.